The van der Waals surface area contributed by atoms with Crippen molar-refractivity contribution in [3.05, 3.63) is 36.5 Å². The highest BCUT2D eigenvalue weighted by molar-refractivity contribution is 5.70. The lowest BCUT2D eigenvalue weighted by Gasteiger charge is -2.34. The summed E-state index contributed by atoms with van der Waals surface area (Å²) in [6, 6.07) is -0.730. The second kappa shape index (κ2) is 37.5. The van der Waals surface area contributed by atoms with Gasteiger partial charge in [0, 0.05) is 19.3 Å². The Morgan fingerprint density at radius 3 is 1.52 bits per heavy atom. The Labute approximate surface area is 332 Å². The molecule has 314 valence electrons. The maximum atomic E-state index is 12.7. The third-order valence-corrected chi connectivity index (χ3v) is 9.79. The van der Waals surface area contributed by atoms with Gasteiger partial charge in [-0.3, -0.25) is 9.59 Å². The van der Waals surface area contributed by atoms with Crippen molar-refractivity contribution in [3.63, 3.8) is 0 Å². The van der Waals surface area contributed by atoms with Crippen LogP contribution in [-0.2, 0) is 28.6 Å². The lowest BCUT2D eigenvalue weighted by molar-refractivity contribution is -0.889. The summed E-state index contributed by atoms with van der Waals surface area (Å²) in [5.74, 6) is -1.80. The number of allylic oxidation sites excluding steroid dienone is 6. The highest BCUT2D eigenvalue weighted by Gasteiger charge is 2.25. The van der Waals surface area contributed by atoms with Crippen LogP contribution in [0.1, 0.15) is 187 Å². The van der Waals surface area contributed by atoms with Gasteiger partial charge in [-0.1, -0.05) is 166 Å². The van der Waals surface area contributed by atoms with Crippen molar-refractivity contribution in [2.24, 2.45) is 0 Å². The van der Waals surface area contributed by atoms with Gasteiger partial charge in [0.1, 0.15) is 12.6 Å². The second-order valence-electron chi connectivity index (χ2n) is 15.9. The van der Waals surface area contributed by atoms with E-state index in [1.807, 2.05) is 0 Å². The van der Waals surface area contributed by atoms with E-state index in [1.54, 1.807) is 21.1 Å². The minimum atomic E-state index is -1.13. The molecule has 0 saturated heterocycles. The van der Waals surface area contributed by atoms with Crippen LogP contribution in [0.3, 0.4) is 0 Å². The Hall–Kier alpha value is -2.45. The average molecular weight is 762 g/mol. The fourth-order valence-electron chi connectivity index (χ4n) is 6.39. The number of quaternary nitrogens is 1. The van der Waals surface area contributed by atoms with Crippen molar-refractivity contribution in [2.45, 2.75) is 199 Å². The Balaban J connectivity index is 4.31. The number of hydrogen-bond acceptors (Lipinski definition) is 7. The number of aliphatic carboxylic acids is 1. The van der Waals surface area contributed by atoms with E-state index < -0.39 is 18.1 Å². The lowest BCUT2D eigenvalue weighted by Crippen LogP contribution is -2.55. The van der Waals surface area contributed by atoms with Gasteiger partial charge < -0.3 is 28.6 Å². The number of esters is 2. The first-order valence-corrected chi connectivity index (χ1v) is 22.0. The van der Waals surface area contributed by atoms with E-state index in [-0.39, 0.29) is 49.1 Å². The number of carboxylic acids is 1. The first-order valence-electron chi connectivity index (χ1n) is 22.0. The zero-order valence-corrected chi connectivity index (χ0v) is 35.6. The number of likely N-dealkylation sites (N-methyl/N-ethyl adjacent to an activating group) is 1. The minimum absolute atomic E-state index is 0.0274. The molecule has 2 unspecified atom stereocenters. The van der Waals surface area contributed by atoms with E-state index in [9.17, 15) is 19.5 Å². The number of ether oxygens (including phenoxy) is 3. The first-order chi connectivity index (χ1) is 26.1. The molecule has 0 heterocycles. The SMILES string of the molecule is CC/C=C/C/C=C/C/C=C/CCCC(=O)OCC(COCCC(C(=O)[O-])[N+](C)(C)C)OC(=O)CCCCCCCCCCCCCCCCCCCCC. The van der Waals surface area contributed by atoms with Crippen LogP contribution in [0.4, 0.5) is 0 Å². The van der Waals surface area contributed by atoms with Crippen LogP contribution in [0.2, 0.25) is 0 Å². The fraction of sp³-hybridized carbons (Fsp3) is 0.804. The molecule has 0 spiro atoms. The number of hydrogen-bond donors (Lipinski definition) is 0. The maximum absolute atomic E-state index is 12.7. The van der Waals surface area contributed by atoms with Gasteiger partial charge in [-0.2, -0.15) is 0 Å². The second-order valence-corrected chi connectivity index (χ2v) is 15.9. The molecule has 0 fully saturated rings. The topological polar surface area (TPSA) is 102 Å². The fourth-order valence-corrected chi connectivity index (χ4v) is 6.39. The predicted octanol–water partition coefficient (Wildman–Crippen LogP) is 10.5. The third kappa shape index (κ3) is 35.3. The Kier molecular flexibility index (Phi) is 35.8. The van der Waals surface area contributed by atoms with Gasteiger partial charge in [0.05, 0.1) is 40.3 Å². The Morgan fingerprint density at radius 1 is 0.574 bits per heavy atom. The van der Waals surface area contributed by atoms with E-state index in [0.29, 0.717) is 12.8 Å². The van der Waals surface area contributed by atoms with E-state index in [4.69, 9.17) is 14.2 Å². The van der Waals surface area contributed by atoms with Crippen molar-refractivity contribution in [1.82, 2.24) is 0 Å². The van der Waals surface area contributed by atoms with Gasteiger partial charge in [0.15, 0.2) is 6.10 Å². The zero-order chi connectivity index (χ0) is 40.0. The highest BCUT2D eigenvalue weighted by atomic mass is 16.6. The zero-order valence-electron chi connectivity index (χ0n) is 35.6. The van der Waals surface area contributed by atoms with Gasteiger partial charge in [-0.05, 0) is 38.5 Å². The normalized spacial score (nSPS) is 13.3. The van der Waals surface area contributed by atoms with Crippen LogP contribution in [0.15, 0.2) is 36.5 Å². The summed E-state index contributed by atoms with van der Waals surface area (Å²) in [4.78, 5) is 36.7. The van der Waals surface area contributed by atoms with Crippen molar-refractivity contribution >= 4 is 17.9 Å². The number of carbonyl (C=O) groups is 3. The summed E-state index contributed by atoms with van der Waals surface area (Å²) in [7, 11) is 5.39. The van der Waals surface area contributed by atoms with Crippen LogP contribution in [0.25, 0.3) is 0 Å². The molecule has 2 atom stereocenters. The molecule has 8 heteroatoms. The van der Waals surface area contributed by atoms with Gasteiger partial charge in [0.2, 0.25) is 0 Å². The first kappa shape index (κ1) is 51.5. The maximum Gasteiger partial charge on any atom is 0.306 e. The number of unbranched alkanes of at least 4 members (excludes halogenated alkanes) is 19. The summed E-state index contributed by atoms with van der Waals surface area (Å²) in [6.07, 6.45) is 41.9. The van der Waals surface area contributed by atoms with Crippen molar-refractivity contribution in [1.29, 1.82) is 0 Å². The number of carbonyl (C=O) groups excluding carboxylic acids is 3. The van der Waals surface area contributed by atoms with E-state index in [1.165, 1.54) is 103 Å². The molecule has 0 bridgehead atoms. The molecular weight excluding hydrogens is 679 g/mol. The molecule has 0 saturated carbocycles. The van der Waals surface area contributed by atoms with E-state index >= 15 is 0 Å². The third-order valence-electron chi connectivity index (χ3n) is 9.79. The molecular formula is C46H83NO7. The van der Waals surface area contributed by atoms with Crippen LogP contribution < -0.4 is 5.11 Å². The standard InChI is InChI=1S/C46H83NO7/c1-6-8-10-12-14-16-18-19-20-21-22-23-24-25-27-29-31-33-35-37-45(49)54-42(40-52-39-38-43(46(50)51)47(3,4)5)41-53-44(48)36-34-32-30-28-26-17-15-13-11-9-7-2/h9,11,15,17,28,30,42-43H,6-8,10,12-14,16,18-27,29,31-41H2,1-5H3/b11-9+,17-15+,30-28+. The van der Waals surface area contributed by atoms with Gasteiger partial charge >= 0.3 is 11.9 Å². The molecule has 0 N–H and O–H groups in total. The van der Waals surface area contributed by atoms with Gasteiger partial charge in [-0.25, -0.2) is 0 Å². The van der Waals surface area contributed by atoms with Gasteiger partial charge in [-0.15, -0.1) is 0 Å². The number of rotatable bonds is 39. The largest absolute Gasteiger partial charge is 0.544 e. The van der Waals surface area contributed by atoms with E-state index in [2.05, 4.69) is 50.3 Å². The summed E-state index contributed by atoms with van der Waals surface area (Å²) in [6.45, 7) is 4.50. The highest BCUT2D eigenvalue weighted by Crippen LogP contribution is 2.15. The molecule has 0 amide bonds. The summed E-state index contributed by atoms with van der Waals surface area (Å²) >= 11 is 0. The van der Waals surface area contributed by atoms with Crippen LogP contribution in [0, 0.1) is 0 Å². The van der Waals surface area contributed by atoms with E-state index in [0.717, 1.165) is 44.9 Å². The average Bonchev–Trinajstić information content (AvgIpc) is 3.12. The quantitative estimate of drug-likeness (QED) is 0.0266. The van der Waals surface area contributed by atoms with Crippen molar-refractivity contribution in [3.8, 4) is 0 Å². The Bertz CT molecular complexity index is 984. The molecule has 0 aliphatic rings. The molecule has 0 rings (SSSR count). The van der Waals surface area contributed by atoms with Crippen LogP contribution in [-0.4, -0.2) is 75.5 Å². The van der Waals surface area contributed by atoms with Crippen molar-refractivity contribution < 1.29 is 38.2 Å². The monoisotopic (exact) mass is 762 g/mol. The van der Waals surface area contributed by atoms with Crippen molar-refractivity contribution in [2.75, 3.05) is 41.0 Å². The predicted molar refractivity (Wildman–Crippen MR) is 222 cm³/mol. The number of nitrogens with zero attached hydrogens (tertiary/aromatic N) is 1. The van der Waals surface area contributed by atoms with Crippen LogP contribution in [0.5, 0.6) is 0 Å². The molecule has 54 heavy (non-hydrogen) atoms. The van der Waals surface area contributed by atoms with Crippen LogP contribution >= 0.6 is 0 Å². The Morgan fingerprint density at radius 2 is 1.04 bits per heavy atom. The molecule has 0 radical (unpaired) electrons. The molecule has 0 aromatic heterocycles. The molecule has 0 aliphatic heterocycles. The van der Waals surface area contributed by atoms with Gasteiger partial charge in [0.25, 0.3) is 0 Å². The molecule has 0 aromatic carbocycles. The summed E-state index contributed by atoms with van der Waals surface area (Å²) in [5, 5.41) is 11.6. The molecule has 8 nitrogen and oxygen atoms in total. The number of carboxylic acid groups (broad SMARTS) is 1. The molecule has 0 aliphatic carbocycles. The minimum Gasteiger partial charge on any atom is -0.544 e. The molecule has 0 aromatic rings. The summed E-state index contributed by atoms with van der Waals surface area (Å²) < 4.78 is 17.1. The smallest absolute Gasteiger partial charge is 0.306 e. The lowest BCUT2D eigenvalue weighted by atomic mass is 10.0. The summed E-state index contributed by atoms with van der Waals surface area (Å²) in [5.41, 5.74) is 0.